The number of carbonyl (C=O) groups is 1. The van der Waals surface area contributed by atoms with Crippen molar-refractivity contribution >= 4 is 14.3 Å². The Labute approximate surface area is 177 Å². The first-order valence-corrected chi connectivity index (χ1v) is 12.5. The highest BCUT2D eigenvalue weighted by atomic mass is 28.4. The summed E-state index contributed by atoms with van der Waals surface area (Å²) in [4.78, 5) is 11.6. The molecule has 0 spiro atoms. The van der Waals surface area contributed by atoms with Crippen molar-refractivity contribution in [3.63, 3.8) is 0 Å². The highest BCUT2D eigenvalue weighted by Gasteiger charge is 2.60. The second-order valence-electron chi connectivity index (χ2n) is 8.27. The molecule has 0 aromatic heterocycles. The molecule has 0 aliphatic rings. The average Bonchev–Trinajstić information content (AvgIpc) is 2.64. The van der Waals surface area contributed by atoms with E-state index < -0.39 is 50.1 Å². The normalized spacial score (nSPS) is 14.8. The molecule has 30 heavy (non-hydrogen) atoms. The van der Waals surface area contributed by atoms with Crippen LogP contribution in [0.25, 0.3) is 0 Å². The Hall–Kier alpha value is -1.85. The smallest absolute Gasteiger partial charge is 0.417 e. The third-order valence-corrected chi connectivity index (χ3v) is 10.6. The van der Waals surface area contributed by atoms with E-state index in [9.17, 15) is 27.5 Å². The van der Waals surface area contributed by atoms with Crippen LogP contribution >= 0.6 is 0 Å². The molecule has 0 saturated carbocycles. The number of terminal acetylenes is 1. The fourth-order valence-corrected chi connectivity index (χ4v) is 7.05. The fraction of sp³-hybridized carbons (Fsp3) is 0.591. The lowest BCUT2D eigenvalue weighted by Crippen LogP contribution is -2.57. The Bertz CT molecular complexity index is 786. The molecule has 0 aliphatic carbocycles. The molecule has 1 N–H and O–H groups in total. The van der Waals surface area contributed by atoms with Crippen LogP contribution < -0.4 is 0 Å². The van der Waals surface area contributed by atoms with E-state index in [1.54, 1.807) is 0 Å². The minimum absolute atomic E-state index is 0.0995. The van der Waals surface area contributed by atoms with Gasteiger partial charge >= 0.3 is 12.1 Å². The van der Waals surface area contributed by atoms with Gasteiger partial charge in [0.2, 0.25) is 0 Å². The van der Waals surface area contributed by atoms with Gasteiger partial charge in [-0.25, -0.2) is 9.18 Å². The van der Waals surface area contributed by atoms with Crippen LogP contribution in [0.3, 0.4) is 0 Å². The molecule has 0 aliphatic heterocycles. The number of halogens is 4. The molecule has 0 radical (unpaired) electrons. The van der Waals surface area contributed by atoms with E-state index in [1.807, 2.05) is 20.8 Å². The number of carboxylic acids is 1. The van der Waals surface area contributed by atoms with E-state index in [2.05, 4.69) is 5.92 Å². The van der Waals surface area contributed by atoms with Gasteiger partial charge < -0.3 is 9.53 Å². The molecule has 1 aromatic carbocycles. The Kier molecular flexibility index (Phi) is 8.31. The van der Waals surface area contributed by atoms with Crippen LogP contribution in [0, 0.1) is 18.2 Å². The van der Waals surface area contributed by atoms with Crippen molar-refractivity contribution in [2.45, 2.75) is 82.8 Å². The summed E-state index contributed by atoms with van der Waals surface area (Å²) >= 11 is 0. The lowest BCUT2D eigenvalue weighted by molar-refractivity contribution is -0.257. The van der Waals surface area contributed by atoms with Crippen molar-refractivity contribution in [2.75, 3.05) is 0 Å². The van der Waals surface area contributed by atoms with Gasteiger partial charge in [0, 0.05) is 6.42 Å². The molecule has 1 atom stereocenters. The molecule has 0 saturated heterocycles. The third-order valence-electron chi connectivity index (χ3n) is 5.92. The van der Waals surface area contributed by atoms with Gasteiger partial charge in [-0.15, -0.1) is 12.3 Å². The molecule has 0 heterocycles. The van der Waals surface area contributed by atoms with Crippen molar-refractivity contribution in [1.29, 1.82) is 0 Å². The van der Waals surface area contributed by atoms with E-state index in [4.69, 9.17) is 10.8 Å². The van der Waals surface area contributed by atoms with Gasteiger partial charge in [-0.2, -0.15) is 13.2 Å². The van der Waals surface area contributed by atoms with Crippen molar-refractivity contribution < 1.29 is 31.9 Å². The van der Waals surface area contributed by atoms with Crippen LogP contribution in [0.4, 0.5) is 17.6 Å². The molecule has 1 rings (SSSR count). The SMILES string of the molecule is C#CC[C@@](CC(C)(C)c1ccc(F)cc1C(=O)O)(O[Si](CC)(CC)CC)C(F)(F)F. The molecule has 3 nitrogen and oxygen atoms in total. The second-order valence-corrected chi connectivity index (χ2v) is 13.0. The second kappa shape index (κ2) is 9.52. The molecule has 0 fully saturated rings. The quantitative estimate of drug-likeness (QED) is 0.252. The third kappa shape index (κ3) is 5.44. The largest absolute Gasteiger partial charge is 0.478 e. The zero-order valence-corrected chi connectivity index (χ0v) is 19.1. The Morgan fingerprint density at radius 2 is 1.70 bits per heavy atom. The Morgan fingerprint density at radius 1 is 1.17 bits per heavy atom. The summed E-state index contributed by atoms with van der Waals surface area (Å²) in [6.07, 6.45) is -0.672. The molecular formula is C22H30F4O3Si. The number of benzene rings is 1. The van der Waals surface area contributed by atoms with Crippen LogP contribution in [0.1, 0.15) is 63.4 Å². The van der Waals surface area contributed by atoms with Crippen molar-refractivity contribution in [3.05, 3.63) is 35.1 Å². The first-order chi connectivity index (χ1) is 13.7. The molecular weight excluding hydrogens is 416 g/mol. The Morgan fingerprint density at radius 3 is 2.10 bits per heavy atom. The van der Waals surface area contributed by atoms with Crippen LogP contribution in [-0.4, -0.2) is 31.2 Å². The van der Waals surface area contributed by atoms with Crippen molar-refractivity contribution in [2.24, 2.45) is 0 Å². The van der Waals surface area contributed by atoms with Crippen LogP contribution in [-0.2, 0) is 9.84 Å². The van der Waals surface area contributed by atoms with E-state index >= 15 is 0 Å². The van der Waals surface area contributed by atoms with Crippen LogP contribution in [0.15, 0.2) is 18.2 Å². The standard InChI is InChI=1S/C22H30F4O3Si/c1-7-13-21(22(24,25)26,29-30(8-2,9-3)10-4)15-20(5,6)18-12-11-16(23)14-17(18)19(27)28/h1,11-12,14H,8-10,13,15H2,2-6H3,(H,27,28)/t21-/m0/s1. The maximum atomic E-state index is 14.5. The highest BCUT2D eigenvalue weighted by Crippen LogP contribution is 2.48. The van der Waals surface area contributed by atoms with E-state index in [-0.39, 0.29) is 11.1 Å². The summed E-state index contributed by atoms with van der Waals surface area (Å²) in [5.74, 6) is -0.0530. The van der Waals surface area contributed by atoms with Gasteiger partial charge in [-0.3, -0.25) is 0 Å². The van der Waals surface area contributed by atoms with E-state index in [0.29, 0.717) is 18.1 Å². The predicted molar refractivity (Wildman–Crippen MR) is 112 cm³/mol. The summed E-state index contributed by atoms with van der Waals surface area (Å²) in [5.41, 5.74) is -4.20. The molecule has 0 unspecified atom stereocenters. The number of carboxylic acid groups (broad SMARTS) is 1. The van der Waals surface area contributed by atoms with Gasteiger partial charge in [-0.1, -0.05) is 40.7 Å². The van der Waals surface area contributed by atoms with Crippen molar-refractivity contribution in [3.8, 4) is 12.3 Å². The zero-order chi connectivity index (χ0) is 23.4. The number of rotatable bonds is 10. The summed E-state index contributed by atoms with van der Waals surface area (Å²) in [6, 6.07) is 4.59. The number of hydrogen-bond acceptors (Lipinski definition) is 2. The molecule has 168 valence electrons. The minimum Gasteiger partial charge on any atom is -0.478 e. The average molecular weight is 447 g/mol. The maximum Gasteiger partial charge on any atom is 0.417 e. The summed E-state index contributed by atoms with van der Waals surface area (Å²) in [7, 11) is -2.74. The number of aromatic carboxylic acids is 1. The summed E-state index contributed by atoms with van der Waals surface area (Å²) in [6.45, 7) is 8.47. The molecule has 0 amide bonds. The number of alkyl halides is 3. The lowest BCUT2D eigenvalue weighted by atomic mass is 9.72. The summed E-state index contributed by atoms with van der Waals surface area (Å²) in [5, 5.41) is 9.47. The molecule has 1 aromatic rings. The van der Waals surface area contributed by atoms with Gasteiger partial charge in [0.25, 0.3) is 0 Å². The lowest BCUT2D eigenvalue weighted by Gasteiger charge is -2.46. The highest BCUT2D eigenvalue weighted by molar-refractivity contribution is 6.73. The maximum absolute atomic E-state index is 14.5. The van der Waals surface area contributed by atoms with Crippen LogP contribution in [0.5, 0.6) is 0 Å². The summed E-state index contributed by atoms with van der Waals surface area (Å²) < 4.78 is 63.1. The fourth-order valence-electron chi connectivity index (χ4n) is 4.03. The van der Waals surface area contributed by atoms with E-state index in [0.717, 1.165) is 12.1 Å². The molecule has 0 bridgehead atoms. The minimum atomic E-state index is -4.77. The van der Waals surface area contributed by atoms with Crippen LogP contribution in [0.2, 0.25) is 18.1 Å². The predicted octanol–water partition coefficient (Wildman–Crippen LogP) is 6.54. The topological polar surface area (TPSA) is 46.5 Å². The Balaban J connectivity index is 3.64. The zero-order valence-electron chi connectivity index (χ0n) is 18.1. The van der Waals surface area contributed by atoms with Gasteiger partial charge in [-0.05, 0) is 47.7 Å². The first kappa shape index (κ1) is 26.2. The number of hydrogen-bond donors (Lipinski definition) is 1. The van der Waals surface area contributed by atoms with E-state index in [1.165, 1.54) is 19.9 Å². The monoisotopic (exact) mass is 446 g/mol. The van der Waals surface area contributed by atoms with Crippen molar-refractivity contribution in [1.82, 2.24) is 0 Å². The van der Waals surface area contributed by atoms with Gasteiger partial charge in [0.1, 0.15) is 5.82 Å². The van der Waals surface area contributed by atoms with Gasteiger partial charge in [0.05, 0.1) is 5.56 Å². The molecule has 8 heteroatoms. The first-order valence-electron chi connectivity index (χ1n) is 9.96. The van der Waals surface area contributed by atoms with Gasteiger partial charge in [0.15, 0.2) is 13.9 Å².